The van der Waals surface area contributed by atoms with Crippen LogP contribution in [0.1, 0.15) is 6.42 Å². The summed E-state index contributed by atoms with van der Waals surface area (Å²) < 4.78 is 23.8. The second-order valence-corrected chi connectivity index (χ2v) is 5.79. The Morgan fingerprint density at radius 2 is 1.93 bits per heavy atom. The third kappa shape index (κ3) is 1.55. The van der Waals surface area contributed by atoms with Crippen molar-refractivity contribution >= 4 is 9.84 Å². The molecule has 76 valence electrons. The number of sulfone groups is 1. The molecule has 1 saturated carbocycles. The van der Waals surface area contributed by atoms with Crippen LogP contribution in [0, 0.1) is 5.92 Å². The van der Waals surface area contributed by atoms with Gasteiger partial charge < -0.3 is 5.73 Å². The van der Waals surface area contributed by atoms with Crippen molar-refractivity contribution in [2.45, 2.75) is 16.6 Å². The summed E-state index contributed by atoms with van der Waals surface area (Å²) in [4.78, 5) is 0.418. The molecule has 2 unspecified atom stereocenters. The van der Waals surface area contributed by atoms with Gasteiger partial charge in [0, 0.05) is 0 Å². The van der Waals surface area contributed by atoms with Crippen molar-refractivity contribution in [2.24, 2.45) is 11.7 Å². The van der Waals surface area contributed by atoms with E-state index in [1.54, 1.807) is 24.3 Å². The van der Waals surface area contributed by atoms with Crippen LogP contribution in [0.5, 0.6) is 0 Å². The van der Waals surface area contributed by atoms with E-state index in [0.717, 1.165) is 0 Å². The molecule has 1 aliphatic rings. The van der Waals surface area contributed by atoms with Crippen LogP contribution < -0.4 is 5.73 Å². The van der Waals surface area contributed by atoms with Crippen molar-refractivity contribution < 1.29 is 8.42 Å². The zero-order valence-corrected chi connectivity index (χ0v) is 8.57. The number of benzene rings is 1. The van der Waals surface area contributed by atoms with Gasteiger partial charge in [0.2, 0.25) is 0 Å². The van der Waals surface area contributed by atoms with Crippen molar-refractivity contribution in [2.75, 3.05) is 6.54 Å². The minimum atomic E-state index is -3.11. The predicted octanol–water partition coefficient (Wildman–Crippen LogP) is 0.808. The number of rotatable bonds is 3. The molecule has 0 radical (unpaired) electrons. The van der Waals surface area contributed by atoms with E-state index < -0.39 is 9.84 Å². The largest absolute Gasteiger partial charge is 0.330 e. The van der Waals surface area contributed by atoms with Gasteiger partial charge in [0.1, 0.15) is 0 Å². The van der Waals surface area contributed by atoms with E-state index in [1.807, 2.05) is 6.07 Å². The van der Waals surface area contributed by atoms with E-state index in [-0.39, 0.29) is 11.2 Å². The first-order valence-corrected chi connectivity index (χ1v) is 6.20. The number of nitrogens with two attached hydrogens (primary N) is 1. The van der Waals surface area contributed by atoms with E-state index in [0.29, 0.717) is 17.9 Å². The fourth-order valence-corrected chi connectivity index (χ4v) is 3.64. The van der Waals surface area contributed by atoms with Crippen molar-refractivity contribution in [1.29, 1.82) is 0 Å². The molecule has 0 bridgehead atoms. The third-order valence-electron chi connectivity index (χ3n) is 2.63. The molecule has 14 heavy (non-hydrogen) atoms. The quantitative estimate of drug-likeness (QED) is 0.804. The lowest BCUT2D eigenvalue weighted by molar-refractivity contribution is 0.592. The molecular weight excluding hydrogens is 198 g/mol. The summed E-state index contributed by atoms with van der Waals surface area (Å²) in [7, 11) is -3.11. The molecule has 2 N–H and O–H groups in total. The molecule has 3 nitrogen and oxygen atoms in total. The first-order valence-electron chi connectivity index (χ1n) is 4.65. The van der Waals surface area contributed by atoms with Crippen LogP contribution in [0.15, 0.2) is 35.2 Å². The highest BCUT2D eigenvalue weighted by atomic mass is 32.2. The molecule has 1 aliphatic carbocycles. The second kappa shape index (κ2) is 3.37. The fraction of sp³-hybridized carbons (Fsp3) is 0.400. The Balaban J connectivity index is 2.27. The van der Waals surface area contributed by atoms with Crippen LogP contribution >= 0.6 is 0 Å². The molecule has 0 spiro atoms. The monoisotopic (exact) mass is 211 g/mol. The second-order valence-electron chi connectivity index (χ2n) is 3.63. The molecule has 1 aromatic rings. The van der Waals surface area contributed by atoms with Crippen LogP contribution in [0.25, 0.3) is 0 Å². The third-order valence-corrected chi connectivity index (χ3v) is 4.93. The van der Waals surface area contributed by atoms with Crippen LogP contribution in [0.2, 0.25) is 0 Å². The molecule has 0 saturated heterocycles. The highest BCUT2D eigenvalue weighted by Gasteiger charge is 2.46. The Morgan fingerprint density at radius 3 is 2.43 bits per heavy atom. The van der Waals surface area contributed by atoms with E-state index >= 15 is 0 Å². The lowest BCUT2D eigenvalue weighted by atomic mass is 10.4. The minimum absolute atomic E-state index is 0.167. The summed E-state index contributed by atoms with van der Waals surface area (Å²) in [6, 6.07) is 8.58. The molecule has 1 fully saturated rings. The average molecular weight is 211 g/mol. The fourth-order valence-electron chi connectivity index (χ4n) is 1.63. The summed E-state index contributed by atoms with van der Waals surface area (Å²) in [5, 5.41) is -0.241. The minimum Gasteiger partial charge on any atom is -0.330 e. The zero-order chi connectivity index (χ0) is 10.2. The van der Waals surface area contributed by atoms with Crippen LogP contribution in [-0.2, 0) is 9.84 Å². The van der Waals surface area contributed by atoms with Gasteiger partial charge in [0.25, 0.3) is 0 Å². The molecule has 0 amide bonds. The summed E-state index contributed by atoms with van der Waals surface area (Å²) in [6.07, 6.45) is 0.716. The molecule has 2 rings (SSSR count). The van der Waals surface area contributed by atoms with Crippen molar-refractivity contribution in [1.82, 2.24) is 0 Å². The molecule has 2 atom stereocenters. The SMILES string of the molecule is NCC1CC1S(=O)(=O)c1ccccc1. The maximum atomic E-state index is 11.9. The summed E-state index contributed by atoms with van der Waals surface area (Å²) in [5.41, 5.74) is 5.43. The van der Waals surface area contributed by atoms with Crippen LogP contribution in [0.4, 0.5) is 0 Å². The Bertz CT molecular complexity index is 413. The number of hydrogen-bond donors (Lipinski definition) is 1. The molecule has 1 aromatic carbocycles. The van der Waals surface area contributed by atoms with Gasteiger partial charge in [0.05, 0.1) is 10.1 Å². The van der Waals surface area contributed by atoms with Gasteiger partial charge in [-0.3, -0.25) is 0 Å². The maximum absolute atomic E-state index is 11.9. The van der Waals surface area contributed by atoms with Crippen molar-refractivity contribution in [3.05, 3.63) is 30.3 Å². The Hall–Kier alpha value is -0.870. The lowest BCUT2D eigenvalue weighted by Gasteiger charge is -2.02. The highest BCUT2D eigenvalue weighted by molar-refractivity contribution is 7.92. The summed E-state index contributed by atoms with van der Waals surface area (Å²) in [6.45, 7) is 0.469. The van der Waals surface area contributed by atoms with Gasteiger partial charge >= 0.3 is 0 Å². The Morgan fingerprint density at radius 1 is 1.29 bits per heavy atom. The summed E-state index contributed by atoms with van der Waals surface area (Å²) in [5.74, 6) is 0.167. The lowest BCUT2D eigenvalue weighted by Crippen LogP contribution is -2.13. The first kappa shape index (κ1) is 9.68. The standard InChI is InChI=1S/C10H13NO2S/c11-7-8-6-10(8)14(12,13)9-4-2-1-3-5-9/h1-5,8,10H,6-7,11H2. The molecular formula is C10H13NO2S. The first-order chi connectivity index (χ1) is 6.66. The van der Waals surface area contributed by atoms with E-state index in [4.69, 9.17) is 5.73 Å². The Labute approximate surface area is 83.9 Å². The van der Waals surface area contributed by atoms with E-state index in [2.05, 4.69) is 0 Å². The van der Waals surface area contributed by atoms with Crippen LogP contribution in [-0.4, -0.2) is 20.2 Å². The van der Waals surface area contributed by atoms with Crippen LogP contribution in [0.3, 0.4) is 0 Å². The van der Waals surface area contributed by atoms with Gasteiger partial charge in [-0.15, -0.1) is 0 Å². The maximum Gasteiger partial charge on any atom is 0.181 e. The van der Waals surface area contributed by atoms with Gasteiger partial charge in [-0.05, 0) is 31.0 Å². The average Bonchev–Trinajstić information content (AvgIpc) is 2.98. The summed E-state index contributed by atoms with van der Waals surface area (Å²) >= 11 is 0. The van der Waals surface area contributed by atoms with Gasteiger partial charge in [-0.1, -0.05) is 18.2 Å². The Kier molecular flexibility index (Phi) is 2.33. The molecule has 0 heterocycles. The normalized spacial score (nSPS) is 26.1. The smallest absolute Gasteiger partial charge is 0.181 e. The van der Waals surface area contributed by atoms with E-state index in [1.165, 1.54) is 0 Å². The van der Waals surface area contributed by atoms with Crippen molar-refractivity contribution in [3.8, 4) is 0 Å². The van der Waals surface area contributed by atoms with Gasteiger partial charge in [-0.25, -0.2) is 8.42 Å². The molecule has 0 aliphatic heterocycles. The molecule has 0 aromatic heterocycles. The van der Waals surface area contributed by atoms with E-state index in [9.17, 15) is 8.42 Å². The zero-order valence-electron chi connectivity index (χ0n) is 7.76. The highest BCUT2D eigenvalue weighted by Crippen LogP contribution is 2.39. The predicted molar refractivity (Wildman–Crippen MR) is 54.6 cm³/mol. The van der Waals surface area contributed by atoms with Crippen molar-refractivity contribution in [3.63, 3.8) is 0 Å². The number of hydrogen-bond acceptors (Lipinski definition) is 3. The van der Waals surface area contributed by atoms with Gasteiger partial charge in [-0.2, -0.15) is 0 Å². The van der Waals surface area contributed by atoms with Gasteiger partial charge in [0.15, 0.2) is 9.84 Å². The topological polar surface area (TPSA) is 60.2 Å². The molecule has 4 heteroatoms.